The van der Waals surface area contributed by atoms with Crippen molar-refractivity contribution in [3.05, 3.63) is 42.4 Å². The van der Waals surface area contributed by atoms with E-state index in [1.807, 2.05) is 28.9 Å². The molecule has 1 amide bonds. The van der Waals surface area contributed by atoms with E-state index in [4.69, 9.17) is 9.47 Å². The molecule has 0 spiro atoms. The quantitative estimate of drug-likeness (QED) is 0.600. The monoisotopic (exact) mass is 410 g/mol. The van der Waals surface area contributed by atoms with Crippen LogP contribution in [0, 0.1) is 0 Å². The van der Waals surface area contributed by atoms with Crippen LogP contribution >= 0.6 is 0 Å². The highest BCUT2D eigenvalue weighted by molar-refractivity contribution is 5.86. The average Bonchev–Trinajstić information content (AvgIpc) is 3.22. The highest BCUT2D eigenvalue weighted by Crippen LogP contribution is 2.23. The van der Waals surface area contributed by atoms with Crippen molar-refractivity contribution in [2.45, 2.75) is 19.4 Å². The van der Waals surface area contributed by atoms with Gasteiger partial charge in [-0.3, -0.25) is 4.79 Å². The summed E-state index contributed by atoms with van der Waals surface area (Å²) in [5.41, 5.74) is 1.88. The zero-order chi connectivity index (χ0) is 20.8. The predicted molar refractivity (Wildman–Crippen MR) is 113 cm³/mol. The number of amides is 1. The summed E-state index contributed by atoms with van der Waals surface area (Å²) in [5, 5.41) is 8.33. The lowest BCUT2D eigenvalue weighted by molar-refractivity contribution is -0.121. The number of nitrogens with one attached hydrogen (secondary N) is 1. The van der Waals surface area contributed by atoms with Gasteiger partial charge in [-0.1, -0.05) is 12.1 Å². The summed E-state index contributed by atoms with van der Waals surface area (Å²) >= 11 is 0. The van der Waals surface area contributed by atoms with E-state index in [2.05, 4.69) is 25.3 Å². The molecule has 158 valence electrons. The van der Waals surface area contributed by atoms with Crippen LogP contribution in [0.5, 0.6) is 5.75 Å². The normalized spacial score (nSPS) is 14.1. The van der Waals surface area contributed by atoms with E-state index in [-0.39, 0.29) is 5.91 Å². The first kappa shape index (κ1) is 20.1. The highest BCUT2D eigenvalue weighted by Gasteiger charge is 2.17. The number of methoxy groups -OCH3 is 1. The maximum Gasteiger partial charge on any atom is 0.220 e. The lowest BCUT2D eigenvalue weighted by Gasteiger charge is -2.27. The second-order valence-electron chi connectivity index (χ2n) is 7.10. The Hall–Kier alpha value is -3.20. The molecule has 4 rings (SSSR count). The fourth-order valence-electron chi connectivity index (χ4n) is 3.51. The minimum absolute atomic E-state index is 0.0194. The minimum Gasteiger partial charge on any atom is -0.497 e. The van der Waals surface area contributed by atoms with Crippen LogP contribution < -0.4 is 15.0 Å². The molecule has 0 atom stereocenters. The average molecular weight is 410 g/mol. The second-order valence-corrected chi connectivity index (χ2v) is 7.10. The third-order valence-electron chi connectivity index (χ3n) is 5.17. The van der Waals surface area contributed by atoms with Crippen molar-refractivity contribution >= 4 is 22.8 Å². The van der Waals surface area contributed by atoms with Gasteiger partial charge in [0.15, 0.2) is 5.65 Å². The molecule has 1 aliphatic heterocycles. The summed E-state index contributed by atoms with van der Waals surface area (Å²) in [7, 11) is 1.64. The smallest absolute Gasteiger partial charge is 0.220 e. The molecule has 9 nitrogen and oxygen atoms in total. The van der Waals surface area contributed by atoms with Crippen molar-refractivity contribution < 1.29 is 14.3 Å². The molecular weight excluding hydrogens is 384 g/mol. The highest BCUT2D eigenvalue weighted by atomic mass is 16.5. The van der Waals surface area contributed by atoms with Gasteiger partial charge >= 0.3 is 0 Å². The Labute approximate surface area is 175 Å². The van der Waals surface area contributed by atoms with E-state index in [1.54, 1.807) is 19.6 Å². The Kier molecular flexibility index (Phi) is 6.38. The topological polar surface area (TPSA) is 94.4 Å². The number of anilines is 1. The van der Waals surface area contributed by atoms with Crippen LogP contribution in [0.25, 0.3) is 11.0 Å². The molecule has 0 aliphatic carbocycles. The fourth-order valence-corrected chi connectivity index (χ4v) is 3.51. The van der Waals surface area contributed by atoms with E-state index < -0.39 is 0 Å². The van der Waals surface area contributed by atoms with Crippen LogP contribution in [0.15, 0.2) is 36.8 Å². The largest absolute Gasteiger partial charge is 0.497 e. The number of rotatable bonds is 8. The van der Waals surface area contributed by atoms with E-state index in [0.717, 1.165) is 41.3 Å². The minimum atomic E-state index is 0.0194. The van der Waals surface area contributed by atoms with Crippen LogP contribution in [-0.4, -0.2) is 65.6 Å². The Bertz CT molecular complexity index is 982. The van der Waals surface area contributed by atoms with Crippen LogP contribution in [-0.2, 0) is 22.5 Å². The number of hydrogen-bond acceptors (Lipinski definition) is 7. The van der Waals surface area contributed by atoms with E-state index >= 15 is 0 Å². The summed E-state index contributed by atoms with van der Waals surface area (Å²) in [6.45, 7) is 4.06. The van der Waals surface area contributed by atoms with Gasteiger partial charge in [-0.2, -0.15) is 5.10 Å². The van der Waals surface area contributed by atoms with Crippen LogP contribution in [0.3, 0.4) is 0 Å². The molecule has 0 saturated carbocycles. The first-order valence-corrected chi connectivity index (χ1v) is 10.1. The molecule has 0 radical (unpaired) electrons. The Morgan fingerprint density at radius 2 is 2.00 bits per heavy atom. The molecule has 1 saturated heterocycles. The second kappa shape index (κ2) is 9.53. The van der Waals surface area contributed by atoms with Crippen molar-refractivity contribution in [3.63, 3.8) is 0 Å². The zero-order valence-corrected chi connectivity index (χ0v) is 17.1. The molecule has 3 heterocycles. The van der Waals surface area contributed by atoms with Gasteiger partial charge in [0, 0.05) is 26.1 Å². The number of nitrogens with zero attached hydrogens (tertiary/aromatic N) is 5. The number of fused-ring (bicyclic) bond motifs is 1. The number of morpholine rings is 1. The number of aromatic nitrogens is 4. The molecule has 1 fully saturated rings. The van der Waals surface area contributed by atoms with Gasteiger partial charge in [0.05, 0.1) is 38.5 Å². The van der Waals surface area contributed by atoms with Gasteiger partial charge in [-0.15, -0.1) is 0 Å². The Morgan fingerprint density at radius 3 is 2.77 bits per heavy atom. The van der Waals surface area contributed by atoms with Crippen molar-refractivity contribution in [1.29, 1.82) is 0 Å². The van der Waals surface area contributed by atoms with Gasteiger partial charge < -0.3 is 19.7 Å². The number of carbonyl (C=O) groups is 1. The molecular formula is C21H26N6O3. The van der Waals surface area contributed by atoms with E-state index in [0.29, 0.717) is 39.1 Å². The van der Waals surface area contributed by atoms with Crippen molar-refractivity contribution in [2.75, 3.05) is 44.9 Å². The van der Waals surface area contributed by atoms with Gasteiger partial charge in [0.2, 0.25) is 5.91 Å². The number of ether oxygens (including phenoxy) is 2. The predicted octanol–water partition coefficient (Wildman–Crippen LogP) is 1.42. The molecule has 1 aliphatic rings. The third-order valence-corrected chi connectivity index (χ3v) is 5.17. The number of benzene rings is 1. The zero-order valence-electron chi connectivity index (χ0n) is 17.1. The lowest BCUT2D eigenvalue weighted by atomic mass is 10.1. The summed E-state index contributed by atoms with van der Waals surface area (Å²) in [6.07, 6.45) is 4.50. The maximum atomic E-state index is 12.2. The maximum absolute atomic E-state index is 12.2. The molecule has 3 aromatic rings. The first-order valence-electron chi connectivity index (χ1n) is 10.1. The standard InChI is InChI=1S/C21H26N6O3/c1-29-17-5-2-16(3-6-17)4-7-19(28)22-8-9-27-21-18(14-25-27)20(23-15-24-21)26-10-12-30-13-11-26/h2-3,5-6,14-15H,4,7-13H2,1H3,(H,22,28). The molecule has 2 aromatic heterocycles. The van der Waals surface area contributed by atoms with Crippen molar-refractivity contribution in [2.24, 2.45) is 0 Å². The molecule has 1 N–H and O–H groups in total. The fraction of sp³-hybridized carbons (Fsp3) is 0.429. The van der Waals surface area contributed by atoms with Gasteiger partial charge in [-0.25, -0.2) is 14.6 Å². The summed E-state index contributed by atoms with van der Waals surface area (Å²) in [5.74, 6) is 1.72. The summed E-state index contributed by atoms with van der Waals surface area (Å²) in [6, 6.07) is 7.77. The van der Waals surface area contributed by atoms with Gasteiger partial charge in [0.1, 0.15) is 17.9 Å². The molecule has 0 unspecified atom stereocenters. The summed E-state index contributed by atoms with van der Waals surface area (Å²) < 4.78 is 12.4. The van der Waals surface area contributed by atoms with E-state index in [1.165, 1.54) is 0 Å². The number of hydrogen-bond donors (Lipinski definition) is 1. The molecule has 30 heavy (non-hydrogen) atoms. The van der Waals surface area contributed by atoms with E-state index in [9.17, 15) is 4.79 Å². The third kappa shape index (κ3) is 4.68. The molecule has 1 aromatic carbocycles. The Morgan fingerprint density at radius 1 is 1.20 bits per heavy atom. The van der Waals surface area contributed by atoms with Crippen LogP contribution in [0.1, 0.15) is 12.0 Å². The Balaban J connectivity index is 1.29. The molecule has 0 bridgehead atoms. The van der Waals surface area contributed by atoms with Crippen molar-refractivity contribution in [1.82, 2.24) is 25.1 Å². The van der Waals surface area contributed by atoms with Crippen LogP contribution in [0.4, 0.5) is 5.82 Å². The number of carbonyl (C=O) groups excluding carboxylic acids is 1. The van der Waals surface area contributed by atoms with Crippen LogP contribution in [0.2, 0.25) is 0 Å². The first-order chi connectivity index (χ1) is 14.7. The summed E-state index contributed by atoms with van der Waals surface area (Å²) in [4.78, 5) is 23.2. The molecule has 9 heteroatoms. The lowest BCUT2D eigenvalue weighted by Crippen LogP contribution is -2.36. The SMILES string of the molecule is COc1ccc(CCC(=O)NCCn2ncc3c(N4CCOCC4)ncnc32)cc1. The van der Waals surface area contributed by atoms with Gasteiger partial charge in [0.25, 0.3) is 0 Å². The van der Waals surface area contributed by atoms with Gasteiger partial charge in [-0.05, 0) is 24.1 Å². The van der Waals surface area contributed by atoms with Crippen molar-refractivity contribution in [3.8, 4) is 5.75 Å². The number of aryl methyl sites for hydroxylation is 1.